The number of hydrogen-bond acceptors (Lipinski definition) is 5. The molecule has 0 spiro atoms. The second kappa shape index (κ2) is 7.69. The molecule has 1 saturated heterocycles. The highest BCUT2D eigenvalue weighted by molar-refractivity contribution is 5.94. The fourth-order valence-electron chi connectivity index (χ4n) is 2.48. The molecule has 2 N–H and O–H groups in total. The molecule has 0 radical (unpaired) electrons. The summed E-state index contributed by atoms with van der Waals surface area (Å²) in [7, 11) is 0. The van der Waals surface area contributed by atoms with Gasteiger partial charge < -0.3 is 15.4 Å². The number of amides is 1. The van der Waals surface area contributed by atoms with Crippen molar-refractivity contribution in [3.63, 3.8) is 0 Å². The van der Waals surface area contributed by atoms with Crippen LogP contribution in [0.15, 0.2) is 43.0 Å². The molecule has 0 aliphatic carbocycles. The van der Waals surface area contributed by atoms with Gasteiger partial charge in [0, 0.05) is 44.5 Å². The minimum Gasteiger partial charge on any atom is -0.380 e. The largest absolute Gasteiger partial charge is 0.380 e. The predicted molar refractivity (Wildman–Crippen MR) is 87.1 cm³/mol. The van der Waals surface area contributed by atoms with Crippen molar-refractivity contribution >= 4 is 11.6 Å². The Balaban J connectivity index is 1.54. The summed E-state index contributed by atoms with van der Waals surface area (Å²) in [4.78, 5) is 20.3. The number of carbonyl (C=O) groups excluding carboxylic acids is 1. The standard InChI is InChI=1S/C17H20N4O2/c22-17(21-12-16-2-1-7-23-16)14-8-15(11-19-10-14)20-9-13-3-5-18-6-4-13/h3-6,8,10-11,16,20H,1-2,7,9,12H2,(H,21,22). The van der Waals surface area contributed by atoms with Gasteiger partial charge in [-0.3, -0.25) is 14.8 Å². The molecule has 6 nitrogen and oxygen atoms in total. The minimum absolute atomic E-state index is 0.124. The Bertz CT molecular complexity index is 642. The third kappa shape index (κ3) is 4.50. The lowest BCUT2D eigenvalue weighted by atomic mass is 10.2. The van der Waals surface area contributed by atoms with Crippen molar-refractivity contribution in [3.05, 3.63) is 54.1 Å². The maximum atomic E-state index is 12.2. The van der Waals surface area contributed by atoms with Crippen molar-refractivity contribution < 1.29 is 9.53 Å². The summed E-state index contributed by atoms with van der Waals surface area (Å²) in [5.74, 6) is -0.124. The number of hydrogen-bond donors (Lipinski definition) is 2. The minimum atomic E-state index is -0.124. The van der Waals surface area contributed by atoms with Crippen LogP contribution in [0.1, 0.15) is 28.8 Å². The average molecular weight is 312 g/mol. The zero-order valence-electron chi connectivity index (χ0n) is 12.9. The van der Waals surface area contributed by atoms with Gasteiger partial charge in [-0.1, -0.05) is 0 Å². The average Bonchev–Trinajstić information content (AvgIpc) is 3.12. The molecular weight excluding hydrogens is 292 g/mol. The van der Waals surface area contributed by atoms with Crippen LogP contribution in [0, 0.1) is 0 Å². The first-order chi connectivity index (χ1) is 11.3. The van der Waals surface area contributed by atoms with Crippen molar-refractivity contribution in [1.82, 2.24) is 15.3 Å². The first-order valence-corrected chi connectivity index (χ1v) is 7.79. The molecule has 2 aromatic heterocycles. The summed E-state index contributed by atoms with van der Waals surface area (Å²) in [6.07, 6.45) is 9.00. The van der Waals surface area contributed by atoms with Crippen LogP contribution in [-0.4, -0.2) is 35.1 Å². The fourth-order valence-corrected chi connectivity index (χ4v) is 2.48. The van der Waals surface area contributed by atoms with Crippen LogP contribution in [0.5, 0.6) is 0 Å². The highest BCUT2D eigenvalue weighted by atomic mass is 16.5. The Labute approximate surface area is 135 Å². The summed E-state index contributed by atoms with van der Waals surface area (Å²) in [6.45, 7) is 2.00. The molecule has 1 fully saturated rings. The number of anilines is 1. The lowest BCUT2D eigenvalue weighted by Crippen LogP contribution is -2.31. The molecule has 2 aromatic rings. The second-order valence-corrected chi connectivity index (χ2v) is 5.52. The van der Waals surface area contributed by atoms with Gasteiger partial charge >= 0.3 is 0 Å². The van der Waals surface area contributed by atoms with Crippen LogP contribution in [0.4, 0.5) is 5.69 Å². The monoisotopic (exact) mass is 312 g/mol. The van der Waals surface area contributed by atoms with Gasteiger partial charge in [0.2, 0.25) is 0 Å². The van der Waals surface area contributed by atoms with Gasteiger partial charge in [0.1, 0.15) is 0 Å². The van der Waals surface area contributed by atoms with Crippen molar-refractivity contribution in [2.45, 2.75) is 25.5 Å². The number of nitrogens with one attached hydrogen (secondary N) is 2. The summed E-state index contributed by atoms with van der Waals surface area (Å²) in [6, 6.07) is 5.69. The van der Waals surface area contributed by atoms with E-state index in [9.17, 15) is 4.79 Å². The van der Waals surface area contributed by atoms with E-state index in [1.54, 1.807) is 30.9 Å². The van der Waals surface area contributed by atoms with Crippen LogP contribution in [-0.2, 0) is 11.3 Å². The zero-order chi connectivity index (χ0) is 15.9. The fraction of sp³-hybridized carbons (Fsp3) is 0.353. The number of rotatable bonds is 6. The van der Waals surface area contributed by atoms with Gasteiger partial charge in [-0.15, -0.1) is 0 Å². The topological polar surface area (TPSA) is 76.1 Å². The van der Waals surface area contributed by atoms with Crippen LogP contribution in [0.2, 0.25) is 0 Å². The molecule has 0 saturated carbocycles. The lowest BCUT2D eigenvalue weighted by molar-refractivity contribution is 0.0857. The van der Waals surface area contributed by atoms with E-state index in [0.717, 1.165) is 30.7 Å². The van der Waals surface area contributed by atoms with E-state index in [1.165, 1.54) is 0 Å². The van der Waals surface area contributed by atoms with E-state index < -0.39 is 0 Å². The smallest absolute Gasteiger partial charge is 0.253 e. The lowest BCUT2D eigenvalue weighted by Gasteiger charge is -2.11. The summed E-state index contributed by atoms with van der Waals surface area (Å²) >= 11 is 0. The number of pyridine rings is 2. The van der Waals surface area contributed by atoms with Crippen molar-refractivity contribution in [3.8, 4) is 0 Å². The zero-order valence-corrected chi connectivity index (χ0v) is 12.9. The van der Waals surface area contributed by atoms with Crippen molar-refractivity contribution in [1.29, 1.82) is 0 Å². The first-order valence-electron chi connectivity index (χ1n) is 7.79. The highest BCUT2D eigenvalue weighted by Gasteiger charge is 2.16. The molecule has 23 heavy (non-hydrogen) atoms. The first kappa shape index (κ1) is 15.4. The van der Waals surface area contributed by atoms with Crippen LogP contribution in [0.25, 0.3) is 0 Å². The molecule has 0 bridgehead atoms. The van der Waals surface area contributed by atoms with Crippen molar-refractivity contribution in [2.24, 2.45) is 0 Å². The van der Waals surface area contributed by atoms with Crippen molar-refractivity contribution in [2.75, 3.05) is 18.5 Å². The molecule has 1 aliphatic rings. The third-order valence-electron chi connectivity index (χ3n) is 3.76. The molecule has 120 valence electrons. The highest BCUT2D eigenvalue weighted by Crippen LogP contribution is 2.12. The van der Waals surface area contributed by atoms with Gasteiger partial charge in [-0.25, -0.2) is 0 Å². The summed E-state index contributed by atoms with van der Waals surface area (Å²) < 4.78 is 5.50. The second-order valence-electron chi connectivity index (χ2n) is 5.52. The maximum Gasteiger partial charge on any atom is 0.253 e. The van der Waals surface area contributed by atoms with E-state index in [4.69, 9.17) is 4.74 Å². The van der Waals surface area contributed by atoms with Gasteiger partial charge in [-0.05, 0) is 36.6 Å². The Hall–Kier alpha value is -2.47. The van der Waals surface area contributed by atoms with Gasteiger partial charge in [-0.2, -0.15) is 0 Å². The van der Waals surface area contributed by atoms with Crippen LogP contribution < -0.4 is 10.6 Å². The quantitative estimate of drug-likeness (QED) is 0.853. The van der Waals surface area contributed by atoms with E-state index >= 15 is 0 Å². The maximum absolute atomic E-state index is 12.2. The molecule has 1 unspecified atom stereocenters. The third-order valence-corrected chi connectivity index (χ3v) is 3.76. The molecule has 3 rings (SSSR count). The van der Waals surface area contributed by atoms with E-state index in [1.807, 2.05) is 12.1 Å². The van der Waals surface area contributed by atoms with E-state index in [-0.39, 0.29) is 12.0 Å². The van der Waals surface area contributed by atoms with E-state index in [0.29, 0.717) is 18.7 Å². The molecular formula is C17H20N4O2. The normalized spacial score (nSPS) is 17.0. The van der Waals surface area contributed by atoms with Gasteiger partial charge in [0.25, 0.3) is 5.91 Å². The Kier molecular flexibility index (Phi) is 5.16. The number of ether oxygens (including phenoxy) is 1. The SMILES string of the molecule is O=C(NCC1CCCO1)c1cncc(NCc2ccncc2)c1. The summed E-state index contributed by atoms with van der Waals surface area (Å²) in [5.41, 5.74) is 2.47. The summed E-state index contributed by atoms with van der Waals surface area (Å²) in [5, 5.41) is 6.16. The molecule has 1 aliphatic heterocycles. The number of carbonyl (C=O) groups is 1. The van der Waals surface area contributed by atoms with Gasteiger partial charge in [0.05, 0.1) is 17.4 Å². The van der Waals surface area contributed by atoms with Gasteiger partial charge in [0.15, 0.2) is 0 Å². The Morgan fingerprint density at radius 3 is 2.91 bits per heavy atom. The van der Waals surface area contributed by atoms with Crippen LogP contribution in [0.3, 0.4) is 0 Å². The number of nitrogens with zero attached hydrogens (tertiary/aromatic N) is 2. The molecule has 3 heterocycles. The van der Waals surface area contributed by atoms with Crippen LogP contribution >= 0.6 is 0 Å². The van der Waals surface area contributed by atoms with E-state index in [2.05, 4.69) is 20.6 Å². The Morgan fingerprint density at radius 2 is 2.13 bits per heavy atom. The molecule has 1 amide bonds. The predicted octanol–water partition coefficient (Wildman–Crippen LogP) is 2.00. The molecule has 6 heteroatoms. The number of aromatic nitrogens is 2. The molecule has 0 aromatic carbocycles. The Morgan fingerprint density at radius 1 is 1.26 bits per heavy atom. The molecule has 1 atom stereocenters.